The second kappa shape index (κ2) is 9.38. The maximum absolute atomic E-state index is 13.7. The van der Waals surface area contributed by atoms with E-state index in [9.17, 15) is 8.42 Å². The third-order valence-electron chi connectivity index (χ3n) is 5.12. The van der Waals surface area contributed by atoms with E-state index in [1.807, 2.05) is 49.4 Å². The SMILES string of the molecule is CCCCC1=C(S(=O)(=O)c2ccc(C)cc2)[C@@H](c2ccccc2)O[C@H](CBr)C1. The number of ether oxygens (including phenoxy) is 1. The minimum atomic E-state index is -3.65. The summed E-state index contributed by atoms with van der Waals surface area (Å²) in [4.78, 5) is 0.775. The molecular weight excluding hydrogens is 436 g/mol. The zero-order chi connectivity index (χ0) is 20.1. The number of hydrogen-bond acceptors (Lipinski definition) is 3. The highest BCUT2D eigenvalue weighted by Gasteiger charge is 2.38. The number of aryl methyl sites for hydroxylation is 1. The van der Waals surface area contributed by atoms with Crippen LogP contribution in [0.2, 0.25) is 0 Å². The number of benzene rings is 2. The first-order chi connectivity index (χ1) is 13.5. The molecule has 0 spiro atoms. The summed E-state index contributed by atoms with van der Waals surface area (Å²) in [5.74, 6) is 0. The summed E-state index contributed by atoms with van der Waals surface area (Å²) in [6, 6.07) is 16.8. The van der Waals surface area contributed by atoms with E-state index in [0.29, 0.717) is 21.6 Å². The van der Waals surface area contributed by atoms with Crippen molar-refractivity contribution in [2.24, 2.45) is 0 Å². The summed E-state index contributed by atoms with van der Waals surface area (Å²) >= 11 is 3.53. The lowest BCUT2D eigenvalue weighted by Gasteiger charge is -2.34. The Balaban J connectivity index is 2.17. The quantitative estimate of drug-likeness (QED) is 0.464. The fourth-order valence-corrected chi connectivity index (χ4v) is 5.77. The summed E-state index contributed by atoms with van der Waals surface area (Å²) in [6.45, 7) is 4.09. The Labute approximate surface area is 176 Å². The van der Waals surface area contributed by atoms with Gasteiger partial charge in [0.05, 0.1) is 15.9 Å². The average Bonchev–Trinajstić information content (AvgIpc) is 2.72. The first-order valence-corrected chi connectivity index (χ1v) is 12.4. The zero-order valence-electron chi connectivity index (χ0n) is 16.4. The summed E-state index contributed by atoms with van der Waals surface area (Å²) in [6.07, 6.45) is 2.82. The van der Waals surface area contributed by atoms with Gasteiger partial charge < -0.3 is 4.74 Å². The molecule has 5 heteroatoms. The number of rotatable bonds is 7. The molecule has 1 aliphatic rings. The molecule has 0 saturated heterocycles. The van der Waals surface area contributed by atoms with Crippen LogP contribution in [-0.2, 0) is 14.6 Å². The van der Waals surface area contributed by atoms with Gasteiger partial charge in [-0.15, -0.1) is 0 Å². The maximum Gasteiger partial charge on any atom is 0.205 e. The summed E-state index contributed by atoms with van der Waals surface area (Å²) in [5, 5.41) is 0.684. The smallest absolute Gasteiger partial charge is 0.205 e. The van der Waals surface area contributed by atoms with E-state index < -0.39 is 15.9 Å². The van der Waals surface area contributed by atoms with Crippen LogP contribution in [0.5, 0.6) is 0 Å². The summed E-state index contributed by atoms with van der Waals surface area (Å²) in [5.41, 5.74) is 2.93. The number of unbranched alkanes of at least 4 members (excludes halogenated alkanes) is 1. The van der Waals surface area contributed by atoms with E-state index in [4.69, 9.17) is 4.74 Å². The van der Waals surface area contributed by atoms with Crippen LogP contribution in [0, 0.1) is 6.92 Å². The van der Waals surface area contributed by atoms with Crippen molar-refractivity contribution < 1.29 is 13.2 Å². The van der Waals surface area contributed by atoms with Gasteiger partial charge in [0.25, 0.3) is 0 Å². The molecule has 0 fully saturated rings. The molecule has 0 radical (unpaired) electrons. The van der Waals surface area contributed by atoms with Crippen molar-refractivity contribution >= 4 is 25.8 Å². The van der Waals surface area contributed by atoms with E-state index in [-0.39, 0.29) is 6.10 Å². The Bertz CT molecular complexity index is 918. The molecule has 1 aliphatic heterocycles. The fourth-order valence-electron chi connectivity index (χ4n) is 3.60. The fraction of sp³-hybridized carbons (Fsp3) is 0.391. The summed E-state index contributed by atoms with van der Waals surface area (Å²) < 4.78 is 33.7. The minimum absolute atomic E-state index is 0.0333. The standard InChI is InChI=1S/C23H27BrO3S/c1-3-4-8-19-15-20(16-24)27-22(18-9-6-5-7-10-18)23(19)28(25,26)21-13-11-17(2)12-14-21/h5-7,9-14,20,22H,3-4,8,15-16H2,1-2H3/t20-,22+/m0/s1. The monoisotopic (exact) mass is 462 g/mol. The Morgan fingerprint density at radius 3 is 2.36 bits per heavy atom. The molecule has 150 valence electrons. The predicted molar refractivity (Wildman–Crippen MR) is 117 cm³/mol. The van der Waals surface area contributed by atoms with Crippen LogP contribution in [0.15, 0.2) is 70.0 Å². The molecule has 0 aromatic heterocycles. The topological polar surface area (TPSA) is 43.4 Å². The van der Waals surface area contributed by atoms with Gasteiger partial charge in [-0.25, -0.2) is 8.42 Å². The van der Waals surface area contributed by atoms with Crippen LogP contribution in [-0.4, -0.2) is 19.9 Å². The molecule has 0 N–H and O–H groups in total. The molecule has 2 aromatic rings. The number of alkyl halides is 1. The Hall–Kier alpha value is -1.43. The van der Waals surface area contributed by atoms with Gasteiger partial charge in [-0.3, -0.25) is 0 Å². The lowest BCUT2D eigenvalue weighted by atomic mass is 9.95. The normalized spacial score (nSPS) is 20.4. The van der Waals surface area contributed by atoms with Crippen molar-refractivity contribution in [1.82, 2.24) is 0 Å². The number of hydrogen-bond donors (Lipinski definition) is 0. The predicted octanol–water partition coefficient (Wildman–Crippen LogP) is 6.14. The van der Waals surface area contributed by atoms with Crippen molar-refractivity contribution in [3.05, 3.63) is 76.2 Å². The highest BCUT2D eigenvalue weighted by molar-refractivity contribution is 9.09. The van der Waals surface area contributed by atoms with Gasteiger partial charge in [0.15, 0.2) is 0 Å². The van der Waals surface area contributed by atoms with E-state index in [1.54, 1.807) is 12.1 Å². The van der Waals surface area contributed by atoms with Crippen molar-refractivity contribution in [2.45, 2.75) is 56.6 Å². The second-order valence-corrected chi connectivity index (χ2v) is 9.86. The molecule has 3 rings (SSSR count). The van der Waals surface area contributed by atoms with Crippen molar-refractivity contribution in [1.29, 1.82) is 0 Å². The molecule has 0 saturated carbocycles. The van der Waals surface area contributed by atoms with Crippen molar-refractivity contribution in [3.8, 4) is 0 Å². The lowest BCUT2D eigenvalue weighted by molar-refractivity contribution is 0.0126. The molecule has 0 aliphatic carbocycles. The van der Waals surface area contributed by atoms with Crippen LogP contribution in [0.4, 0.5) is 0 Å². The third kappa shape index (κ3) is 4.58. The Morgan fingerprint density at radius 1 is 1.07 bits per heavy atom. The highest BCUT2D eigenvalue weighted by atomic mass is 79.9. The first-order valence-electron chi connectivity index (χ1n) is 9.77. The molecule has 28 heavy (non-hydrogen) atoms. The van der Waals surface area contributed by atoms with E-state index in [2.05, 4.69) is 22.9 Å². The van der Waals surface area contributed by atoms with E-state index >= 15 is 0 Å². The summed E-state index contributed by atoms with van der Waals surface area (Å²) in [7, 11) is -3.65. The maximum atomic E-state index is 13.7. The second-order valence-electron chi connectivity index (χ2n) is 7.30. The van der Waals surface area contributed by atoms with Crippen molar-refractivity contribution in [3.63, 3.8) is 0 Å². The molecule has 1 heterocycles. The Kier molecular flexibility index (Phi) is 7.13. The van der Waals surface area contributed by atoms with Gasteiger partial charge in [-0.05, 0) is 49.5 Å². The Morgan fingerprint density at radius 2 is 1.75 bits per heavy atom. The first kappa shape index (κ1) is 21.3. The molecule has 0 unspecified atom stereocenters. The van der Waals surface area contributed by atoms with Gasteiger partial charge in [0.2, 0.25) is 9.84 Å². The van der Waals surface area contributed by atoms with E-state index in [1.165, 1.54) is 0 Å². The molecule has 2 atom stereocenters. The minimum Gasteiger partial charge on any atom is -0.364 e. The number of halogens is 1. The average molecular weight is 463 g/mol. The van der Waals surface area contributed by atoms with Crippen LogP contribution < -0.4 is 0 Å². The third-order valence-corrected chi connectivity index (χ3v) is 7.81. The largest absolute Gasteiger partial charge is 0.364 e. The van der Waals surface area contributed by atoms with Gasteiger partial charge in [0.1, 0.15) is 6.10 Å². The van der Waals surface area contributed by atoms with Gasteiger partial charge in [-0.2, -0.15) is 0 Å². The van der Waals surface area contributed by atoms with Gasteiger partial charge in [0, 0.05) is 5.33 Å². The molecular formula is C23H27BrO3S. The van der Waals surface area contributed by atoms with Crippen molar-refractivity contribution in [2.75, 3.05) is 5.33 Å². The van der Waals surface area contributed by atoms with Gasteiger partial charge in [-0.1, -0.05) is 77.3 Å². The van der Waals surface area contributed by atoms with Crippen LogP contribution in [0.25, 0.3) is 0 Å². The lowest BCUT2D eigenvalue weighted by Crippen LogP contribution is -2.30. The zero-order valence-corrected chi connectivity index (χ0v) is 18.8. The number of sulfone groups is 1. The molecule has 0 bridgehead atoms. The molecule has 3 nitrogen and oxygen atoms in total. The van der Waals surface area contributed by atoms with Gasteiger partial charge >= 0.3 is 0 Å². The van der Waals surface area contributed by atoms with Crippen LogP contribution >= 0.6 is 15.9 Å². The van der Waals surface area contributed by atoms with Crippen LogP contribution in [0.3, 0.4) is 0 Å². The molecule has 2 aromatic carbocycles. The van der Waals surface area contributed by atoms with Crippen LogP contribution in [0.1, 0.15) is 49.8 Å². The molecule has 0 amide bonds. The van der Waals surface area contributed by atoms with E-state index in [0.717, 1.165) is 36.0 Å². The highest BCUT2D eigenvalue weighted by Crippen LogP contribution is 2.43.